The van der Waals surface area contributed by atoms with Crippen LogP contribution in [-0.4, -0.2) is 31.1 Å². The largest absolute Gasteiger partial charge is 0.316 e. The second kappa shape index (κ2) is 3.89. The van der Waals surface area contributed by atoms with E-state index < -0.39 is 0 Å². The summed E-state index contributed by atoms with van der Waals surface area (Å²) in [5.74, 6) is 1.82. The fourth-order valence-electron chi connectivity index (χ4n) is 2.92. The van der Waals surface area contributed by atoms with Crippen LogP contribution in [-0.2, 0) is 0 Å². The maximum atomic E-state index is 3.49. The molecule has 0 saturated carbocycles. The highest BCUT2D eigenvalue weighted by Gasteiger charge is 2.37. The van der Waals surface area contributed by atoms with Crippen LogP contribution in [0.4, 0.5) is 0 Å². The molecule has 3 heteroatoms. The predicted octanol–water partition coefficient (Wildman–Crippen LogP) is 1.96. The minimum absolute atomic E-state index is 0.621. The molecule has 2 aliphatic rings. The fourth-order valence-corrected chi connectivity index (χ4v) is 3.73. The first-order chi connectivity index (χ1) is 7.34. The molecular weight excluding hydrogens is 204 g/mol. The molecule has 82 valence electrons. The number of nitrogens with zero attached hydrogens (tertiary/aromatic N) is 1. The first kappa shape index (κ1) is 9.82. The highest BCUT2D eigenvalue weighted by atomic mass is 32.1. The lowest BCUT2D eigenvalue weighted by Gasteiger charge is -2.24. The molecule has 2 nitrogen and oxygen atoms in total. The van der Waals surface area contributed by atoms with Crippen LogP contribution in [0.25, 0.3) is 0 Å². The van der Waals surface area contributed by atoms with Crippen molar-refractivity contribution in [1.29, 1.82) is 0 Å². The van der Waals surface area contributed by atoms with Gasteiger partial charge in [0.25, 0.3) is 0 Å². The fraction of sp³-hybridized carbons (Fsp3) is 0.667. The molecule has 1 aromatic rings. The lowest BCUT2D eigenvalue weighted by Crippen LogP contribution is -2.28. The smallest absolute Gasteiger partial charge is 0.0413 e. The minimum atomic E-state index is 0.621. The Morgan fingerprint density at radius 2 is 2.13 bits per heavy atom. The van der Waals surface area contributed by atoms with Crippen LogP contribution < -0.4 is 5.32 Å². The quantitative estimate of drug-likeness (QED) is 0.823. The van der Waals surface area contributed by atoms with Crippen molar-refractivity contribution in [1.82, 2.24) is 10.2 Å². The average Bonchev–Trinajstić information content (AvgIpc) is 2.92. The molecule has 15 heavy (non-hydrogen) atoms. The molecule has 1 unspecified atom stereocenters. The Hall–Kier alpha value is -0.380. The third kappa shape index (κ3) is 1.73. The summed E-state index contributed by atoms with van der Waals surface area (Å²) in [5, 5.41) is 5.68. The molecule has 3 atom stereocenters. The zero-order chi connectivity index (χ0) is 10.3. The maximum Gasteiger partial charge on any atom is 0.0413 e. The third-order valence-corrected chi connectivity index (χ3v) is 4.96. The first-order valence-electron chi connectivity index (χ1n) is 5.83. The molecule has 0 radical (unpaired) electrons. The number of nitrogens with one attached hydrogen (secondary N) is 1. The van der Waals surface area contributed by atoms with E-state index in [-0.39, 0.29) is 0 Å². The van der Waals surface area contributed by atoms with Gasteiger partial charge < -0.3 is 5.32 Å². The van der Waals surface area contributed by atoms with E-state index in [0.29, 0.717) is 6.04 Å². The van der Waals surface area contributed by atoms with Gasteiger partial charge in [0.15, 0.2) is 0 Å². The van der Waals surface area contributed by atoms with Crippen molar-refractivity contribution < 1.29 is 0 Å². The molecule has 1 aromatic heterocycles. The summed E-state index contributed by atoms with van der Waals surface area (Å²) in [6.07, 6.45) is 0. The molecule has 0 aliphatic carbocycles. The molecule has 0 aromatic carbocycles. The van der Waals surface area contributed by atoms with E-state index in [4.69, 9.17) is 0 Å². The van der Waals surface area contributed by atoms with Gasteiger partial charge in [-0.25, -0.2) is 0 Å². The van der Waals surface area contributed by atoms with Crippen molar-refractivity contribution in [2.24, 2.45) is 11.8 Å². The van der Waals surface area contributed by atoms with Gasteiger partial charge in [0.2, 0.25) is 0 Å². The zero-order valence-electron chi connectivity index (χ0n) is 9.15. The number of rotatable bonds is 2. The number of thiophene rings is 1. The summed E-state index contributed by atoms with van der Waals surface area (Å²) in [6.45, 7) is 7.39. The summed E-state index contributed by atoms with van der Waals surface area (Å²) in [6, 6.07) is 5.05. The number of fused-ring (bicyclic) bond motifs is 1. The van der Waals surface area contributed by atoms with Crippen LogP contribution in [0, 0.1) is 11.8 Å². The van der Waals surface area contributed by atoms with Crippen LogP contribution in [0.15, 0.2) is 17.5 Å². The third-order valence-electron chi connectivity index (χ3n) is 3.92. The van der Waals surface area contributed by atoms with Crippen molar-refractivity contribution in [3.8, 4) is 0 Å². The van der Waals surface area contributed by atoms with E-state index in [1.54, 1.807) is 0 Å². The summed E-state index contributed by atoms with van der Waals surface area (Å²) in [4.78, 5) is 4.17. The molecular formula is C12H18N2S. The lowest BCUT2D eigenvalue weighted by atomic mass is 10.0. The number of hydrogen-bond donors (Lipinski definition) is 1. The molecule has 1 N–H and O–H groups in total. The van der Waals surface area contributed by atoms with Crippen LogP contribution in [0.3, 0.4) is 0 Å². The molecule has 0 amide bonds. The molecule has 2 saturated heterocycles. The summed E-state index contributed by atoms with van der Waals surface area (Å²) in [5.41, 5.74) is 0. The Morgan fingerprint density at radius 1 is 1.40 bits per heavy atom. The second-order valence-corrected chi connectivity index (χ2v) is 5.80. The monoisotopic (exact) mass is 222 g/mol. The van der Waals surface area contributed by atoms with Gasteiger partial charge in [0.1, 0.15) is 0 Å². The second-order valence-electron chi connectivity index (χ2n) is 4.82. The van der Waals surface area contributed by atoms with E-state index in [1.807, 2.05) is 11.3 Å². The Balaban J connectivity index is 1.69. The van der Waals surface area contributed by atoms with Gasteiger partial charge >= 0.3 is 0 Å². The lowest BCUT2D eigenvalue weighted by molar-refractivity contribution is 0.247. The molecule has 0 bridgehead atoms. The van der Waals surface area contributed by atoms with Gasteiger partial charge in [-0.2, -0.15) is 0 Å². The molecule has 3 rings (SSSR count). The normalized spacial score (nSPS) is 33.1. The maximum absolute atomic E-state index is 3.49. The van der Waals surface area contributed by atoms with E-state index in [0.717, 1.165) is 11.8 Å². The minimum Gasteiger partial charge on any atom is -0.316 e. The van der Waals surface area contributed by atoms with E-state index in [2.05, 4.69) is 34.7 Å². The van der Waals surface area contributed by atoms with E-state index >= 15 is 0 Å². The average molecular weight is 222 g/mol. The Bertz CT molecular complexity index is 310. The number of hydrogen-bond acceptors (Lipinski definition) is 3. The molecule has 0 spiro atoms. The van der Waals surface area contributed by atoms with E-state index in [9.17, 15) is 0 Å². The Morgan fingerprint density at radius 3 is 2.73 bits per heavy atom. The van der Waals surface area contributed by atoms with Crippen LogP contribution in [0.5, 0.6) is 0 Å². The van der Waals surface area contributed by atoms with Gasteiger partial charge in [-0.15, -0.1) is 11.3 Å². The van der Waals surface area contributed by atoms with E-state index in [1.165, 1.54) is 31.1 Å². The van der Waals surface area contributed by atoms with Gasteiger partial charge in [-0.3, -0.25) is 4.90 Å². The highest BCUT2D eigenvalue weighted by Crippen LogP contribution is 2.33. The summed E-state index contributed by atoms with van der Waals surface area (Å²) in [7, 11) is 0. The van der Waals surface area contributed by atoms with Crippen LogP contribution in [0.2, 0.25) is 0 Å². The first-order valence-corrected chi connectivity index (χ1v) is 6.70. The van der Waals surface area contributed by atoms with Crippen molar-refractivity contribution >= 4 is 11.3 Å². The topological polar surface area (TPSA) is 15.3 Å². The van der Waals surface area contributed by atoms with Crippen LogP contribution in [0.1, 0.15) is 17.8 Å². The Kier molecular flexibility index (Phi) is 2.54. The highest BCUT2D eigenvalue weighted by molar-refractivity contribution is 7.10. The summed E-state index contributed by atoms with van der Waals surface area (Å²) >= 11 is 1.89. The Labute approximate surface area is 95.3 Å². The van der Waals surface area contributed by atoms with Gasteiger partial charge in [-0.1, -0.05) is 6.07 Å². The van der Waals surface area contributed by atoms with Crippen molar-refractivity contribution in [2.75, 3.05) is 26.2 Å². The van der Waals surface area contributed by atoms with Crippen molar-refractivity contribution in [3.05, 3.63) is 22.4 Å². The van der Waals surface area contributed by atoms with Crippen molar-refractivity contribution in [3.63, 3.8) is 0 Å². The molecule has 2 fully saturated rings. The van der Waals surface area contributed by atoms with Gasteiger partial charge in [-0.05, 0) is 43.3 Å². The SMILES string of the molecule is CC(c1cccs1)N1C[C@H]2CNC[C@H]2C1. The van der Waals surface area contributed by atoms with Gasteiger partial charge in [0, 0.05) is 24.0 Å². The molecule has 2 aliphatic heterocycles. The summed E-state index contributed by atoms with van der Waals surface area (Å²) < 4.78 is 0. The standard InChI is InChI=1S/C12H18N2S/c1-9(12-3-2-4-15-12)14-7-10-5-13-6-11(10)8-14/h2-4,9-11,13H,5-8H2,1H3/t9?,10-,11+. The molecule has 3 heterocycles. The van der Waals surface area contributed by atoms with Crippen LogP contribution >= 0.6 is 11.3 Å². The van der Waals surface area contributed by atoms with Gasteiger partial charge in [0.05, 0.1) is 0 Å². The zero-order valence-corrected chi connectivity index (χ0v) is 9.96. The number of likely N-dealkylation sites (tertiary alicyclic amines) is 1. The predicted molar refractivity (Wildman–Crippen MR) is 64.2 cm³/mol. The van der Waals surface area contributed by atoms with Crippen molar-refractivity contribution in [2.45, 2.75) is 13.0 Å².